The molecule has 0 amide bonds. The van der Waals surface area contributed by atoms with Gasteiger partial charge >= 0.3 is 0 Å². The molecule has 0 spiro atoms. The summed E-state index contributed by atoms with van der Waals surface area (Å²) in [5, 5.41) is 8.85. The maximum absolute atomic E-state index is 11.7. The Kier molecular flexibility index (Phi) is 5.39. The summed E-state index contributed by atoms with van der Waals surface area (Å²) in [6.45, 7) is 2.02. The highest BCUT2D eigenvalue weighted by Crippen LogP contribution is 2.29. The van der Waals surface area contributed by atoms with E-state index in [2.05, 4.69) is 6.07 Å². The predicted molar refractivity (Wildman–Crippen MR) is 60.2 cm³/mol. The molecule has 2 heteroatoms. The van der Waals surface area contributed by atoms with Crippen LogP contribution in [0.3, 0.4) is 0 Å². The topological polar surface area (TPSA) is 40.9 Å². The third kappa shape index (κ3) is 4.03. The monoisotopic (exact) mass is 207 g/mol. The second-order valence-electron chi connectivity index (χ2n) is 4.63. The summed E-state index contributed by atoms with van der Waals surface area (Å²) >= 11 is 0. The van der Waals surface area contributed by atoms with Crippen LogP contribution in [0.15, 0.2) is 0 Å². The average Bonchev–Trinajstić information content (AvgIpc) is 2.75. The van der Waals surface area contributed by atoms with Crippen LogP contribution < -0.4 is 0 Å². The number of nitriles is 1. The Morgan fingerprint density at radius 3 is 2.67 bits per heavy atom. The van der Waals surface area contributed by atoms with E-state index in [9.17, 15) is 4.79 Å². The van der Waals surface area contributed by atoms with Crippen LogP contribution in [0.1, 0.15) is 58.3 Å². The van der Waals surface area contributed by atoms with Crippen molar-refractivity contribution in [3.05, 3.63) is 0 Å². The Morgan fingerprint density at radius 2 is 2.13 bits per heavy atom. The van der Waals surface area contributed by atoms with E-state index in [0.717, 1.165) is 25.2 Å². The van der Waals surface area contributed by atoms with Crippen molar-refractivity contribution in [1.29, 1.82) is 5.26 Å². The second-order valence-corrected chi connectivity index (χ2v) is 4.63. The average molecular weight is 207 g/mol. The zero-order valence-corrected chi connectivity index (χ0v) is 9.67. The molecule has 0 radical (unpaired) electrons. The van der Waals surface area contributed by atoms with Gasteiger partial charge in [-0.15, -0.1) is 0 Å². The van der Waals surface area contributed by atoms with Crippen LogP contribution in [0.4, 0.5) is 0 Å². The number of Topliss-reactive ketones (excluding diaryl/α,β-unsaturated/α-hetero) is 1. The quantitative estimate of drug-likeness (QED) is 0.669. The minimum atomic E-state index is -0.337. The van der Waals surface area contributed by atoms with E-state index < -0.39 is 0 Å². The number of rotatable bonds is 6. The molecule has 1 unspecified atom stereocenters. The molecule has 1 atom stereocenters. The highest BCUT2D eigenvalue weighted by molar-refractivity contribution is 5.83. The van der Waals surface area contributed by atoms with Gasteiger partial charge in [0.25, 0.3) is 0 Å². The van der Waals surface area contributed by atoms with E-state index in [1.807, 2.05) is 6.92 Å². The van der Waals surface area contributed by atoms with Crippen molar-refractivity contribution in [2.75, 3.05) is 0 Å². The highest BCUT2D eigenvalue weighted by Gasteiger charge is 2.20. The van der Waals surface area contributed by atoms with Crippen molar-refractivity contribution in [1.82, 2.24) is 0 Å². The van der Waals surface area contributed by atoms with Crippen molar-refractivity contribution < 1.29 is 4.79 Å². The van der Waals surface area contributed by atoms with Crippen LogP contribution in [-0.4, -0.2) is 5.78 Å². The fraction of sp³-hybridized carbons (Fsp3) is 0.846. The Morgan fingerprint density at radius 1 is 1.47 bits per heavy atom. The molecule has 0 aliphatic heterocycles. The number of ketones is 1. The summed E-state index contributed by atoms with van der Waals surface area (Å²) in [6.07, 6.45) is 8.54. The van der Waals surface area contributed by atoms with Crippen LogP contribution >= 0.6 is 0 Å². The van der Waals surface area contributed by atoms with Gasteiger partial charge in [0.1, 0.15) is 11.7 Å². The minimum Gasteiger partial charge on any atom is -0.298 e. The zero-order valence-electron chi connectivity index (χ0n) is 9.67. The standard InChI is InChI=1S/C13H21NO/c1-2-5-12(10-14)13(15)9-8-11-6-3-4-7-11/h11-12H,2-9H2,1H3. The molecule has 2 nitrogen and oxygen atoms in total. The van der Waals surface area contributed by atoms with Crippen molar-refractivity contribution in [2.24, 2.45) is 11.8 Å². The lowest BCUT2D eigenvalue weighted by Crippen LogP contribution is -2.13. The largest absolute Gasteiger partial charge is 0.298 e. The summed E-state index contributed by atoms with van der Waals surface area (Å²) in [5.74, 6) is 0.595. The van der Waals surface area contributed by atoms with Gasteiger partial charge in [-0.25, -0.2) is 0 Å². The van der Waals surface area contributed by atoms with Crippen LogP contribution in [0, 0.1) is 23.2 Å². The molecule has 0 aromatic rings. The Bertz CT molecular complexity index is 235. The molecular weight excluding hydrogens is 186 g/mol. The lowest BCUT2D eigenvalue weighted by Gasteiger charge is -2.10. The third-order valence-electron chi connectivity index (χ3n) is 3.40. The van der Waals surface area contributed by atoms with Gasteiger partial charge in [-0.1, -0.05) is 39.0 Å². The molecule has 0 aromatic heterocycles. The molecule has 0 N–H and O–H groups in total. The number of hydrogen-bond acceptors (Lipinski definition) is 2. The smallest absolute Gasteiger partial charge is 0.150 e. The first-order valence-electron chi connectivity index (χ1n) is 6.20. The lowest BCUT2D eigenvalue weighted by molar-refractivity contribution is -0.121. The Balaban J connectivity index is 2.24. The predicted octanol–water partition coefficient (Wildman–Crippen LogP) is 3.47. The van der Waals surface area contributed by atoms with Crippen LogP contribution in [0.25, 0.3) is 0 Å². The Labute approximate surface area is 92.7 Å². The van der Waals surface area contributed by atoms with Crippen LogP contribution in [-0.2, 0) is 4.79 Å². The van der Waals surface area contributed by atoms with Gasteiger partial charge in [0.05, 0.1) is 6.07 Å². The molecule has 1 rings (SSSR count). The number of carbonyl (C=O) groups excluding carboxylic acids is 1. The second kappa shape index (κ2) is 6.61. The van der Waals surface area contributed by atoms with Gasteiger partial charge in [0, 0.05) is 6.42 Å². The van der Waals surface area contributed by atoms with Gasteiger partial charge < -0.3 is 0 Å². The van der Waals surface area contributed by atoms with Gasteiger partial charge in [-0.2, -0.15) is 5.26 Å². The minimum absolute atomic E-state index is 0.172. The molecule has 84 valence electrons. The zero-order chi connectivity index (χ0) is 11.1. The molecule has 15 heavy (non-hydrogen) atoms. The van der Waals surface area contributed by atoms with E-state index in [1.165, 1.54) is 25.7 Å². The Hall–Kier alpha value is -0.840. The van der Waals surface area contributed by atoms with Crippen LogP contribution in [0.5, 0.6) is 0 Å². The number of hydrogen-bond donors (Lipinski definition) is 0. The van der Waals surface area contributed by atoms with Crippen molar-refractivity contribution >= 4 is 5.78 Å². The third-order valence-corrected chi connectivity index (χ3v) is 3.40. The lowest BCUT2D eigenvalue weighted by atomic mass is 9.93. The maximum atomic E-state index is 11.7. The fourth-order valence-electron chi connectivity index (χ4n) is 2.41. The summed E-state index contributed by atoms with van der Waals surface area (Å²) in [4.78, 5) is 11.7. The maximum Gasteiger partial charge on any atom is 0.150 e. The summed E-state index contributed by atoms with van der Waals surface area (Å²) in [7, 11) is 0. The van der Waals surface area contributed by atoms with E-state index in [0.29, 0.717) is 6.42 Å². The summed E-state index contributed by atoms with van der Waals surface area (Å²) < 4.78 is 0. The van der Waals surface area contributed by atoms with Gasteiger partial charge in [0.15, 0.2) is 0 Å². The van der Waals surface area contributed by atoms with E-state index in [4.69, 9.17) is 5.26 Å². The molecule has 0 heterocycles. The fourth-order valence-corrected chi connectivity index (χ4v) is 2.41. The van der Waals surface area contributed by atoms with Gasteiger partial charge in [-0.3, -0.25) is 4.79 Å². The number of nitrogens with zero attached hydrogens (tertiary/aromatic N) is 1. The summed E-state index contributed by atoms with van der Waals surface area (Å²) in [5.41, 5.74) is 0. The number of carbonyl (C=O) groups is 1. The first-order chi connectivity index (χ1) is 7.27. The molecule has 0 bridgehead atoms. The normalized spacial score (nSPS) is 18.7. The van der Waals surface area contributed by atoms with Crippen molar-refractivity contribution in [3.63, 3.8) is 0 Å². The van der Waals surface area contributed by atoms with E-state index >= 15 is 0 Å². The van der Waals surface area contributed by atoms with Crippen molar-refractivity contribution in [3.8, 4) is 6.07 Å². The first-order valence-corrected chi connectivity index (χ1v) is 6.20. The molecule has 0 aromatic carbocycles. The van der Waals surface area contributed by atoms with Crippen LogP contribution in [0.2, 0.25) is 0 Å². The van der Waals surface area contributed by atoms with Gasteiger partial charge in [0.2, 0.25) is 0 Å². The van der Waals surface area contributed by atoms with E-state index in [-0.39, 0.29) is 11.7 Å². The SMILES string of the molecule is CCCC(C#N)C(=O)CCC1CCCC1. The molecule has 0 saturated heterocycles. The summed E-state index contributed by atoms with van der Waals surface area (Å²) in [6, 6.07) is 2.13. The molecule has 1 saturated carbocycles. The first kappa shape index (κ1) is 12.2. The molecule has 1 aliphatic rings. The van der Waals surface area contributed by atoms with Gasteiger partial charge in [-0.05, 0) is 18.8 Å². The molecule has 1 fully saturated rings. The molecular formula is C13H21NO. The van der Waals surface area contributed by atoms with Crippen molar-refractivity contribution in [2.45, 2.75) is 58.3 Å². The van der Waals surface area contributed by atoms with E-state index in [1.54, 1.807) is 0 Å². The highest BCUT2D eigenvalue weighted by atomic mass is 16.1. The molecule has 1 aliphatic carbocycles.